The van der Waals surface area contributed by atoms with Crippen molar-refractivity contribution in [3.8, 4) is 0 Å². The molecular formula is C16H24N2O2. The molecule has 4 heteroatoms. The number of amides is 2. The van der Waals surface area contributed by atoms with E-state index in [2.05, 4.69) is 12.2 Å². The van der Waals surface area contributed by atoms with Gasteiger partial charge in [0.05, 0.1) is 0 Å². The number of carbonyl (C=O) groups is 2. The van der Waals surface area contributed by atoms with Gasteiger partial charge in [0.1, 0.15) is 6.04 Å². The van der Waals surface area contributed by atoms with Crippen LogP contribution in [0.3, 0.4) is 0 Å². The summed E-state index contributed by atoms with van der Waals surface area (Å²) in [5.74, 6) is -0.184. The first kappa shape index (κ1) is 16.2. The second-order valence-corrected chi connectivity index (χ2v) is 4.95. The van der Waals surface area contributed by atoms with Gasteiger partial charge in [0.2, 0.25) is 11.8 Å². The van der Waals surface area contributed by atoms with Crippen LogP contribution in [0, 0.1) is 0 Å². The second-order valence-electron chi connectivity index (χ2n) is 4.95. The molecule has 4 nitrogen and oxygen atoms in total. The Hall–Kier alpha value is -1.84. The van der Waals surface area contributed by atoms with Crippen molar-refractivity contribution < 1.29 is 9.59 Å². The maximum Gasteiger partial charge on any atom is 0.242 e. The lowest BCUT2D eigenvalue weighted by Gasteiger charge is -2.27. The maximum absolute atomic E-state index is 12.0. The van der Waals surface area contributed by atoms with Gasteiger partial charge in [-0.05, 0) is 18.9 Å². The molecule has 0 fully saturated rings. The van der Waals surface area contributed by atoms with E-state index in [1.807, 2.05) is 30.3 Å². The molecule has 0 aromatic heterocycles. The average Bonchev–Trinajstić information content (AvgIpc) is 2.45. The normalized spacial score (nSPS) is 11.8. The number of unbranched alkanes of at least 4 members (excludes halogenated alkanes) is 1. The third-order valence-corrected chi connectivity index (χ3v) is 3.28. The van der Waals surface area contributed by atoms with Crippen molar-refractivity contribution in [2.24, 2.45) is 0 Å². The number of nitrogens with one attached hydrogen (secondary N) is 1. The zero-order valence-electron chi connectivity index (χ0n) is 12.6. The first-order valence-corrected chi connectivity index (χ1v) is 7.15. The van der Waals surface area contributed by atoms with Gasteiger partial charge in [-0.2, -0.15) is 0 Å². The van der Waals surface area contributed by atoms with Crippen molar-refractivity contribution in [3.63, 3.8) is 0 Å². The lowest BCUT2D eigenvalue weighted by atomic mass is 10.1. The van der Waals surface area contributed by atoms with Crippen molar-refractivity contribution >= 4 is 11.8 Å². The van der Waals surface area contributed by atoms with Crippen LogP contribution in [0.1, 0.15) is 39.2 Å². The SMILES string of the molecule is CCCCNC(=O)[C@@H](C)N(Cc1ccccc1)C(C)=O. The van der Waals surface area contributed by atoms with Crippen LogP contribution in [0.2, 0.25) is 0 Å². The zero-order valence-corrected chi connectivity index (χ0v) is 12.6. The van der Waals surface area contributed by atoms with Gasteiger partial charge in [0.15, 0.2) is 0 Å². The van der Waals surface area contributed by atoms with Gasteiger partial charge in [-0.3, -0.25) is 9.59 Å². The Labute approximate surface area is 121 Å². The fraction of sp³-hybridized carbons (Fsp3) is 0.500. The highest BCUT2D eigenvalue weighted by atomic mass is 16.2. The summed E-state index contributed by atoms with van der Waals surface area (Å²) in [6.07, 6.45) is 1.99. The largest absolute Gasteiger partial charge is 0.354 e. The molecule has 0 aliphatic rings. The molecule has 0 unspecified atom stereocenters. The van der Waals surface area contributed by atoms with E-state index in [9.17, 15) is 9.59 Å². The highest BCUT2D eigenvalue weighted by Crippen LogP contribution is 2.09. The molecule has 1 rings (SSSR count). The Morgan fingerprint density at radius 2 is 1.90 bits per heavy atom. The third kappa shape index (κ3) is 5.03. The lowest BCUT2D eigenvalue weighted by molar-refractivity contribution is -0.138. The minimum absolute atomic E-state index is 0.0907. The van der Waals surface area contributed by atoms with Gasteiger partial charge in [-0.1, -0.05) is 43.7 Å². The number of hydrogen-bond acceptors (Lipinski definition) is 2. The van der Waals surface area contributed by atoms with E-state index in [0.29, 0.717) is 13.1 Å². The van der Waals surface area contributed by atoms with Crippen LogP contribution in [0.4, 0.5) is 0 Å². The highest BCUT2D eigenvalue weighted by Gasteiger charge is 2.23. The molecule has 0 bridgehead atoms. The van der Waals surface area contributed by atoms with E-state index in [0.717, 1.165) is 18.4 Å². The first-order chi connectivity index (χ1) is 9.56. The van der Waals surface area contributed by atoms with E-state index in [4.69, 9.17) is 0 Å². The molecule has 0 aliphatic carbocycles. The van der Waals surface area contributed by atoms with Crippen molar-refractivity contribution in [3.05, 3.63) is 35.9 Å². The molecule has 1 atom stereocenters. The smallest absolute Gasteiger partial charge is 0.242 e. The molecule has 1 aromatic rings. The predicted octanol–water partition coefficient (Wildman–Crippen LogP) is 2.34. The topological polar surface area (TPSA) is 49.4 Å². The molecule has 1 aromatic carbocycles. The van der Waals surface area contributed by atoms with Crippen LogP contribution in [-0.2, 0) is 16.1 Å². The Balaban J connectivity index is 2.65. The minimum Gasteiger partial charge on any atom is -0.354 e. The number of nitrogens with zero attached hydrogens (tertiary/aromatic N) is 1. The van der Waals surface area contributed by atoms with Gasteiger partial charge >= 0.3 is 0 Å². The zero-order chi connectivity index (χ0) is 15.0. The summed E-state index contributed by atoms with van der Waals surface area (Å²) in [5, 5.41) is 2.87. The van der Waals surface area contributed by atoms with Crippen LogP contribution in [0.25, 0.3) is 0 Å². The van der Waals surface area contributed by atoms with Crippen LogP contribution >= 0.6 is 0 Å². The number of benzene rings is 1. The number of carbonyl (C=O) groups excluding carboxylic acids is 2. The van der Waals surface area contributed by atoms with E-state index in [-0.39, 0.29) is 11.8 Å². The molecule has 0 aliphatic heterocycles. The standard InChI is InChI=1S/C16H24N2O2/c1-4-5-11-17-16(20)13(2)18(14(3)19)12-15-9-7-6-8-10-15/h6-10,13H,4-5,11-12H2,1-3H3,(H,17,20)/t13-/m1/s1. The van der Waals surface area contributed by atoms with Crippen LogP contribution < -0.4 is 5.32 Å². The predicted molar refractivity (Wildman–Crippen MR) is 80.0 cm³/mol. The molecule has 2 amide bonds. The lowest BCUT2D eigenvalue weighted by Crippen LogP contribution is -2.47. The summed E-state index contributed by atoms with van der Waals surface area (Å²) in [6, 6.07) is 9.25. The first-order valence-electron chi connectivity index (χ1n) is 7.15. The van der Waals surface area contributed by atoms with Gasteiger partial charge < -0.3 is 10.2 Å². The van der Waals surface area contributed by atoms with Crippen molar-refractivity contribution in [1.82, 2.24) is 10.2 Å². The van der Waals surface area contributed by atoms with Gasteiger partial charge in [0, 0.05) is 20.0 Å². The molecule has 110 valence electrons. The monoisotopic (exact) mass is 276 g/mol. The molecule has 0 radical (unpaired) electrons. The Kier molecular flexibility index (Phi) is 6.77. The second kappa shape index (κ2) is 8.35. The molecule has 1 N–H and O–H groups in total. The number of hydrogen-bond donors (Lipinski definition) is 1. The number of rotatable bonds is 7. The molecule has 0 spiro atoms. The maximum atomic E-state index is 12.0. The van der Waals surface area contributed by atoms with E-state index < -0.39 is 6.04 Å². The van der Waals surface area contributed by atoms with Crippen molar-refractivity contribution in [2.45, 2.75) is 46.2 Å². The van der Waals surface area contributed by atoms with E-state index in [1.165, 1.54) is 6.92 Å². The Bertz CT molecular complexity index is 431. The summed E-state index contributed by atoms with van der Waals surface area (Å²) in [6.45, 7) is 6.46. The van der Waals surface area contributed by atoms with Gasteiger partial charge in [-0.25, -0.2) is 0 Å². The van der Waals surface area contributed by atoms with Crippen molar-refractivity contribution in [2.75, 3.05) is 6.54 Å². The fourth-order valence-corrected chi connectivity index (χ4v) is 1.98. The van der Waals surface area contributed by atoms with Crippen LogP contribution in [0.5, 0.6) is 0 Å². The molecule has 0 saturated carbocycles. The molecular weight excluding hydrogens is 252 g/mol. The summed E-state index contributed by atoms with van der Waals surface area (Å²) in [7, 11) is 0. The van der Waals surface area contributed by atoms with Crippen molar-refractivity contribution in [1.29, 1.82) is 0 Å². The summed E-state index contributed by atoms with van der Waals surface area (Å²) in [5.41, 5.74) is 1.02. The van der Waals surface area contributed by atoms with Gasteiger partial charge in [-0.15, -0.1) is 0 Å². The van der Waals surface area contributed by atoms with Crippen LogP contribution in [0.15, 0.2) is 30.3 Å². The molecule has 0 saturated heterocycles. The Morgan fingerprint density at radius 3 is 2.45 bits per heavy atom. The third-order valence-electron chi connectivity index (χ3n) is 3.28. The summed E-state index contributed by atoms with van der Waals surface area (Å²) < 4.78 is 0. The van der Waals surface area contributed by atoms with E-state index in [1.54, 1.807) is 11.8 Å². The van der Waals surface area contributed by atoms with Gasteiger partial charge in [0.25, 0.3) is 0 Å². The minimum atomic E-state index is -0.454. The van der Waals surface area contributed by atoms with Crippen LogP contribution in [-0.4, -0.2) is 29.3 Å². The Morgan fingerprint density at radius 1 is 1.25 bits per heavy atom. The average molecular weight is 276 g/mol. The fourth-order valence-electron chi connectivity index (χ4n) is 1.98. The molecule has 0 heterocycles. The highest BCUT2D eigenvalue weighted by molar-refractivity contribution is 5.86. The summed E-state index contributed by atoms with van der Waals surface area (Å²) in [4.78, 5) is 25.4. The van der Waals surface area contributed by atoms with E-state index >= 15 is 0 Å². The molecule has 20 heavy (non-hydrogen) atoms. The summed E-state index contributed by atoms with van der Waals surface area (Å²) >= 11 is 0. The quantitative estimate of drug-likeness (QED) is 0.777.